The molecule has 0 aromatic heterocycles. The monoisotopic (exact) mass is 281 g/mol. The predicted octanol–water partition coefficient (Wildman–Crippen LogP) is 5.01. The first-order chi connectivity index (χ1) is 9.39. The average molecular weight is 281 g/mol. The zero-order valence-electron chi connectivity index (χ0n) is 15.1. The second kappa shape index (κ2) is 11.8. The second-order valence-corrected chi connectivity index (χ2v) is 5.50. The molecule has 2 heteroatoms. The number of nitrogens with zero attached hydrogens (tertiary/aromatic N) is 1. The summed E-state index contributed by atoms with van der Waals surface area (Å²) in [5.74, 6) is 0.956. The van der Waals surface area contributed by atoms with E-state index in [0.29, 0.717) is 0 Å². The van der Waals surface area contributed by atoms with E-state index in [4.69, 9.17) is 4.74 Å². The number of rotatable bonds is 5. The van der Waals surface area contributed by atoms with Gasteiger partial charge in [-0.15, -0.1) is 0 Å². The van der Waals surface area contributed by atoms with Gasteiger partial charge in [-0.3, -0.25) is 0 Å². The summed E-state index contributed by atoms with van der Waals surface area (Å²) in [4.78, 5) is 2.19. The molecule has 1 aromatic rings. The van der Waals surface area contributed by atoms with Crippen molar-refractivity contribution in [3.05, 3.63) is 29.8 Å². The lowest BCUT2D eigenvalue weighted by atomic mass is 9.94. The average Bonchev–Trinajstić information content (AvgIpc) is 2.41. The molecule has 0 fully saturated rings. The molecule has 0 bridgehead atoms. The van der Waals surface area contributed by atoms with Crippen molar-refractivity contribution in [2.75, 3.05) is 27.2 Å². The van der Waals surface area contributed by atoms with Crippen LogP contribution in [0, 0.1) is 12.3 Å². The lowest BCUT2D eigenvalue weighted by Gasteiger charge is -2.28. The molecular formula is C18H35NO. The predicted molar refractivity (Wildman–Crippen MR) is 91.7 cm³/mol. The summed E-state index contributed by atoms with van der Waals surface area (Å²) in [5, 5.41) is 0. The van der Waals surface area contributed by atoms with Crippen LogP contribution in [0.2, 0.25) is 0 Å². The molecule has 0 radical (unpaired) electrons. The van der Waals surface area contributed by atoms with E-state index < -0.39 is 0 Å². The molecule has 0 aliphatic rings. The summed E-state index contributed by atoms with van der Waals surface area (Å²) in [6, 6.07) is 8.21. The smallest absolute Gasteiger partial charge is 0.119 e. The van der Waals surface area contributed by atoms with Crippen LogP contribution < -0.4 is 4.74 Å². The van der Waals surface area contributed by atoms with Gasteiger partial charge in [-0.25, -0.2) is 0 Å². The van der Waals surface area contributed by atoms with Crippen LogP contribution in [0.5, 0.6) is 5.75 Å². The van der Waals surface area contributed by atoms with Crippen LogP contribution in [0.25, 0.3) is 0 Å². The molecule has 0 saturated carbocycles. The third-order valence-electron chi connectivity index (χ3n) is 2.39. The van der Waals surface area contributed by atoms with Crippen molar-refractivity contribution in [3.8, 4) is 5.75 Å². The highest BCUT2D eigenvalue weighted by Crippen LogP contribution is 2.19. The number of ether oxygens (including phenoxy) is 1. The van der Waals surface area contributed by atoms with Crippen LogP contribution in [-0.2, 0) is 0 Å². The minimum Gasteiger partial charge on any atom is -0.493 e. The van der Waals surface area contributed by atoms with Crippen LogP contribution in [0.15, 0.2) is 24.3 Å². The first-order valence-electron chi connectivity index (χ1n) is 7.73. The Balaban J connectivity index is 0. The van der Waals surface area contributed by atoms with Gasteiger partial charge in [-0.05, 0) is 33.2 Å². The summed E-state index contributed by atoms with van der Waals surface area (Å²) >= 11 is 0. The van der Waals surface area contributed by atoms with Crippen LogP contribution in [0.1, 0.15) is 47.1 Å². The van der Waals surface area contributed by atoms with Crippen LogP contribution in [-0.4, -0.2) is 32.1 Å². The zero-order chi connectivity index (χ0) is 16.2. The van der Waals surface area contributed by atoms with E-state index >= 15 is 0 Å². The van der Waals surface area contributed by atoms with Crippen molar-refractivity contribution in [2.45, 2.75) is 48.5 Å². The highest BCUT2D eigenvalue weighted by molar-refractivity contribution is 5.26. The van der Waals surface area contributed by atoms with Crippen molar-refractivity contribution in [1.29, 1.82) is 0 Å². The first-order valence-corrected chi connectivity index (χ1v) is 7.73. The quantitative estimate of drug-likeness (QED) is 0.752. The van der Waals surface area contributed by atoms with Crippen molar-refractivity contribution < 1.29 is 4.74 Å². The molecule has 0 saturated heterocycles. The molecular weight excluding hydrogens is 246 g/mol. The second-order valence-electron chi connectivity index (χ2n) is 5.50. The Morgan fingerprint density at radius 2 is 1.40 bits per heavy atom. The summed E-state index contributed by atoms with van der Waals surface area (Å²) in [6.45, 7) is 16.3. The summed E-state index contributed by atoms with van der Waals surface area (Å²) < 4.78 is 5.80. The molecule has 0 amide bonds. The molecule has 0 aliphatic carbocycles. The van der Waals surface area contributed by atoms with Crippen LogP contribution >= 0.6 is 0 Å². The van der Waals surface area contributed by atoms with Gasteiger partial charge in [0.15, 0.2) is 0 Å². The van der Waals surface area contributed by atoms with Gasteiger partial charge >= 0.3 is 0 Å². The maximum Gasteiger partial charge on any atom is 0.119 e. The van der Waals surface area contributed by atoms with Crippen LogP contribution in [0.4, 0.5) is 0 Å². The highest BCUT2D eigenvalue weighted by Gasteiger charge is 2.19. The third kappa shape index (κ3) is 10.9. The van der Waals surface area contributed by atoms with Gasteiger partial charge in [0.1, 0.15) is 5.75 Å². The Morgan fingerprint density at radius 1 is 0.950 bits per heavy atom. The molecule has 0 spiro atoms. The Bertz CT molecular complexity index is 315. The number of aryl methyl sites for hydroxylation is 1. The standard InChI is InChI=1S/C14H23NO.2C2H6/c1-12-6-8-13(9-7-12)16-11-14(2,3)10-15(4)5;2*1-2/h6-9H,10-11H2,1-5H3;2*1-2H3. The van der Waals surface area contributed by atoms with E-state index in [1.54, 1.807) is 0 Å². The van der Waals surface area contributed by atoms with Gasteiger partial charge in [0.25, 0.3) is 0 Å². The Morgan fingerprint density at radius 3 is 1.80 bits per heavy atom. The molecule has 0 heterocycles. The lowest BCUT2D eigenvalue weighted by molar-refractivity contribution is 0.141. The van der Waals surface area contributed by atoms with E-state index in [0.717, 1.165) is 18.9 Å². The molecule has 1 aromatic carbocycles. The molecule has 0 atom stereocenters. The minimum atomic E-state index is 0.175. The van der Waals surface area contributed by atoms with Crippen LogP contribution in [0.3, 0.4) is 0 Å². The Hall–Kier alpha value is -1.02. The first kappa shape index (κ1) is 21.3. The fourth-order valence-corrected chi connectivity index (χ4v) is 1.81. The van der Waals surface area contributed by atoms with Gasteiger partial charge in [0.2, 0.25) is 0 Å². The maximum absolute atomic E-state index is 5.80. The normalized spacial score (nSPS) is 10.1. The van der Waals surface area contributed by atoms with Gasteiger partial charge in [-0.1, -0.05) is 59.2 Å². The van der Waals surface area contributed by atoms with E-state index in [-0.39, 0.29) is 5.41 Å². The zero-order valence-corrected chi connectivity index (χ0v) is 15.1. The van der Waals surface area contributed by atoms with Gasteiger partial charge < -0.3 is 9.64 Å². The minimum absolute atomic E-state index is 0.175. The highest BCUT2D eigenvalue weighted by atomic mass is 16.5. The molecule has 20 heavy (non-hydrogen) atoms. The molecule has 0 aliphatic heterocycles. The fraction of sp³-hybridized carbons (Fsp3) is 0.667. The van der Waals surface area contributed by atoms with Gasteiger partial charge in [0, 0.05) is 12.0 Å². The van der Waals surface area contributed by atoms with Crippen molar-refractivity contribution in [2.24, 2.45) is 5.41 Å². The van der Waals surface area contributed by atoms with Gasteiger partial charge in [0.05, 0.1) is 6.61 Å². The van der Waals surface area contributed by atoms with Crippen molar-refractivity contribution >= 4 is 0 Å². The molecule has 0 N–H and O–H groups in total. The Labute approximate surface area is 127 Å². The SMILES string of the molecule is CC.CC.Cc1ccc(OCC(C)(C)CN(C)C)cc1. The van der Waals surface area contributed by atoms with Crippen molar-refractivity contribution in [1.82, 2.24) is 4.90 Å². The topological polar surface area (TPSA) is 12.5 Å². The van der Waals surface area contributed by atoms with Gasteiger partial charge in [-0.2, -0.15) is 0 Å². The third-order valence-corrected chi connectivity index (χ3v) is 2.39. The molecule has 2 nitrogen and oxygen atoms in total. The summed E-state index contributed by atoms with van der Waals surface area (Å²) in [7, 11) is 4.18. The number of benzene rings is 1. The van der Waals surface area contributed by atoms with E-state index in [1.165, 1.54) is 5.56 Å². The summed E-state index contributed by atoms with van der Waals surface area (Å²) in [5.41, 5.74) is 1.44. The van der Waals surface area contributed by atoms with E-state index in [2.05, 4.69) is 51.9 Å². The van der Waals surface area contributed by atoms with Crippen molar-refractivity contribution in [3.63, 3.8) is 0 Å². The Kier molecular flexibility index (Phi) is 12.5. The summed E-state index contributed by atoms with van der Waals surface area (Å²) in [6.07, 6.45) is 0. The molecule has 1 rings (SSSR count). The molecule has 118 valence electrons. The molecule has 0 unspecified atom stereocenters. The number of hydrogen-bond acceptors (Lipinski definition) is 2. The maximum atomic E-state index is 5.80. The van der Waals surface area contributed by atoms with E-state index in [1.807, 2.05) is 39.8 Å². The van der Waals surface area contributed by atoms with E-state index in [9.17, 15) is 0 Å². The number of hydrogen-bond donors (Lipinski definition) is 0. The fourth-order valence-electron chi connectivity index (χ4n) is 1.81. The lowest BCUT2D eigenvalue weighted by Crippen LogP contribution is -2.33. The largest absolute Gasteiger partial charge is 0.493 e.